The number of ether oxygens (including phenoxy) is 1. The van der Waals surface area contributed by atoms with Gasteiger partial charge < -0.3 is 10.5 Å². The Balaban J connectivity index is 2.22. The first-order valence-electron chi connectivity index (χ1n) is 6.41. The minimum atomic E-state index is -0.0409. The van der Waals surface area contributed by atoms with Crippen LogP contribution in [0.25, 0.3) is 0 Å². The Morgan fingerprint density at radius 3 is 2.68 bits per heavy atom. The van der Waals surface area contributed by atoms with Crippen LogP contribution in [-0.2, 0) is 13.5 Å². The van der Waals surface area contributed by atoms with Gasteiger partial charge in [-0.1, -0.05) is 12.1 Å². The molecule has 1 aromatic carbocycles. The Hall–Kier alpha value is -1.81. The highest BCUT2D eigenvalue weighted by Gasteiger charge is 2.17. The lowest BCUT2D eigenvalue weighted by Gasteiger charge is -2.13. The van der Waals surface area contributed by atoms with Crippen LogP contribution in [0.15, 0.2) is 24.3 Å². The van der Waals surface area contributed by atoms with E-state index in [0.717, 1.165) is 29.1 Å². The van der Waals surface area contributed by atoms with Crippen molar-refractivity contribution < 1.29 is 4.74 Å². The number of benzene rings is 1. The Labute approximate surface area is 114 Å². The van der Waals surface area contributed by atoms with Gasteiger partial charge in [0.25, 0.3) is 0 Å². The molecular weight excluding hydrogens is 238 g/mol. The number of aryl methyl sites for hydroxylation is 2. The van der Waals surface area contributed by atoms with Crippen LogP contribution in [0.5, 0.6) is 5.75 Å². The van der Waals surface area contributed by atoms with E-state index < -0.39 is 0 Å². The minimum Gasteiger partial charge on any atom is -0.497 e. The van der Waals surface area contributed by atoms with Crippen LogP contribution < -0.4 is 10.5 Å². The fraction of sp³-hybridized carbons (Fsp3) is 0.400. The minimum absolute atomic E-state index is 0.0409. The number of aromatic nitrogens is 2. The average Bonchev–Trinajstić information content (AvgIpc) is 2.63. The maximum absolute atomic E-state index is 6.34. The van der Waals surface area contributed by atoms with E-state index in [1.54, 1.807) is 7.11 Å². The van der Waals surface area contributed by atoms with Crippen molar-refractivity contribution in [2.75, 3.05) is 7.11 Å². The standard InChI is InChI=1S/C15H21N3O/c1-10-15(11(2)18(3)17-10)14(16)9-12-6-5-7-13(8-12)19-4/h5-8,14H,9,16H2,1-4H3. The lowest BCUT2D eigenvalue weighted by molar-refractivity contribution is 0.414. The molecule has 1 unspecified atom stereocenters. The molecule has 0 aliphatic heterocycles. The van der Waals surface area contributed by atoms with E-state index in [2.05, 4.69) is 18.1 Å². The van der Waals surface area contributed by atoms with Crippen LogP contribution in [0, 0.1) is 13.8 Å². The zero-order valence-corrected chi connectivity index (χ0v) is 12.0. The number of methoxy groups -OCH3 is 1. The predicted octanol–water partition coefficient (Wildman–Crippen LogP) is 2.29. The van der Waals surface area contributed by atoms with Gasteiger partial charge in [-0.2, -0.15) is 5.10 Å². The van der Waals surface area contributed by atoms with Crippen molar-refractivity contribution in [1.29, 1.82) is 0 Å². The molecule has 0 saturated carbocycles. The molecule has 0 aliphatic carbocycles. The van der Waals surface area contributed by atoms with E-state index in [-0.39, 0.29) is 6.04 Å². The summed E-state index contributed by atoms with van der Waals surface area (Å²) in [5.74, 6) is 0.865. The number of nitrogens with zero attached hydrogens (tertiary/aromatic N) is 2. The van der Waals surface area contributed by atoms with E-state index in [0.29, 0.717) is 0 Å². The Bertz CT molecular complexity index is 575. The van der Waals surface area contributed by atoms with Crippen LogP contribution >= 0.6 is 0 Å². The van der Waals surface area contributed by atoms with Crippen molar-refractivity contribution >= 4 is 0 Å². The van der Waals surface area contributed by atoms with E-state index in [1.807, 2.05) is 36.9 Å². The third kappa shape index (κ3) is 2.79. The number of nitrogens with two attached hydrogens (primary N) is 1. The lowest BCUT2D eigenvalue weighted by atomic mass is 9.98. The molecule has 19 heavy (non-hydrogen) atoms. The molecule has 2 rings (SSSR count). The van der Waals surface area contributed by atoms with Crippen LogP contribution in [0.2, 0.25) is 0 Å². The molecule has 0 spiro atoms. The second-order valence-electron chi connectivity index (χ2n) is 4.87. The highest BCUT2D eigenvalue weighted by Crippen LogP contribution is 2.24. The first kappa shape index (κ1) is 13.6. The lowest BCUT2D eigenvalue weighted by Crippen LogP contribution is -2.15. The first-order valence-corrected chi connectivity index (χ1v) is 6.41. The van der Waals surface area contributed by atoms with Crippen LogP contribution in [0.3, 0.4) is 0 Å². The largest absolute Gasteiger partial charge is 0.497 e. The maximum atomic E-state index is 6.34. The molecule has 0 aliphatic rings. The molecule has 2 aromatic rings. The Morgan fingerprint density at radius 2 is 2.11 bits per heavy atom. The van der Waals surface area contributed by atoms with Gasteiger partial charge in [0, 0.05) is 24.3 Å². The van der Waals surface area contributed by atoms with Gasteiger partial charge in [0.05, 0.1) is 12.8 Å². The fourth-order valence-electron chi connectivity index (χ4n) is 2.48. The van der Waals surface area contributed by atoms with E-state index in [4.69, 9.17) is 10.5 Å². The van der Waals surface area contributed by atoms with Crippen molar-refractivity contribution in [3.8, 4) is 5.75 Å². The van der Waals surface area contributed by atoms with Gasteiger partial charge in [-0.3, -0.25) is 4.68 Å². The van der Waals surface area contributed by atoms with E-state index in [9.17, 15) is 0 Å². The topological polar surface area (TPSA) is 53.1 Å². The summed E-state index contributed by atoms with van der Waals surface area (Å²) in [6.07, 6.45) is 0.782. The smallest absolute Gasteiger partial charge is 0.119 e. The zero-order valence-electron chi connectivity index (χ0n) is 12.0. The SMILES string of the molecule is COc1cccc(CC(N)c2c(C)nn(C)c2C)c1. The third-order valence-electron chi connectivity index (χ3n) is 3.53. The quantitative estimate of drug-likeness (QED) is 0.916. The molecule has 0 bridgehead atoms. The molecule has 0 saturated heterocycles. The van der Waals surface area contributed by atoms with Crippen molar-refractivity contribution in [2.24, 2.45) is 12.8 Å². The average molecular weight is 259 g/mol. The molecule has 4 heteroatoms. The van der Waals surface area contributed by atoms with E-state index >= 15 is 0 Å². The molecule has 1 atom stereocenters. The van der Waals surface area contributed by atoms with Crippen LogP contribution in [0.1, 0.15) is 28.6 Å². The first-order chi connectivity index (χ1) is 9.02. The van der Waals surface area contributed by atoms with Crippen LogP contribution in [0.4, 0.5) is 0 Å². The van der Waals surface area contributed by atoms with Crippen molar-refractivity contribution in [3.63, 3.8) is 0 Å². The highest BCUT2D eigenvalue weighted by atomic mass is 16.5. The molecule has 102 valence electrons. The van der Waals surface area contributed by atoms with Gasteiger partial charge >= 0.3 is 0 Å². The van der Waals surface area contributed by atoms with Crippen molar-refractivity contribution in [3.05, 3.63) is 46.8 Å². The molecule has 0 amide bonds. The summed E-state index contributed by atoms with van der Waals surface area (Å²) in [6.45, 7) is 4.06. The Morgan fingerprint density at radius 1 is 1.37 bits per heavy atom. The number of hydrogen-bond donors (Lipinski definition) is 1. The van der Waals surface area contributed by atoms with Gasteiger partial charge in [0.1, 0.15) is 5.75 Å². The van der Waals surface area contributed by atoms with Gasteiger partial charge in [0.2, 0.25) is 0 Å². The fourth-order valence-corrected chi connectivity index (χ4v) is 2.48. The summed E-state index contributed by atoms with van der Waals surface area (Å²) < 4.78 is 7.12. The molecule has 4 nitrogen and oxygen atoms in total. The second kappa shape index (κ2) is 5.45. The highest BCUT2D eigenvalue weighted by molar-refractivity contribution is 5.33. The predicted molar refractivity (Wildman–Crippen MR) is 76.3 cm³/mol. The molecule has 0 radical (unpaired) electrons. The maximum Gasteiger partial charge on any atom is 0.119 e. The normalized spacial score (nSPS) is 12.5. The molecule has 0 fully saturated rings. The zero-order chi connectivity index (χ0) is 14.0. The van der Waals surface area contributed by atoms with Crippen molar-refractivity contribution in [2.45, 2.75) is 26.3 Å². The summed E-state index contributed by atoms with van der Waals surface area (Å²) in [5, 5.41) is 4.42. The van der Waals surface area contributed by atoms with E-state index in [1.165, 1.54) is 5.56 Å². The number of hydrogen-bond acceptors (Lipinski definition) is 3. The summed E-state index contributed by atoms with van der Waals surface area (Å²) in [5.41, 5.74) is 10.8. The van der Waals surface area contributed by atoms with Gasteiger partial charge in [-0.15, -0.1) is 0 Å². The van der Waals surface area contributed by atoms with Gasteiger partial charge in [-0.25, -0.2) is 0 Å². The molecule has 1 aromatic heterocycles. The second-order valence-corrected chi connectivity index (χ2v) is 4.87. The van der Waals surface area contributed by atoms with Gasteiger partial charge in [0.15, 0.2) is 0 Å². The monoisotopic (exact) mass is 259 g/mol. The molecule has 1 heterocycles. The Kier molecular flexibility index (Phi) is 3.90. The van der Waals surface area contributed by atoms with Crippen LogP contribution in [-0.4, -0.2) is 16.9 Å². The summed E-state index contributed by atoms with van der Waals surface area (Å²) in [6, 6.07) is 7.99. The third-order valence-corrected chi connectivity index (χ3v) is 3.53. The summed E-state index contributed by atoms with van der Waals surface area (Å²) in [4.78, 5) is 0. The summed E-state index contributed by atoms with van der Waals surface area (Å²) >= 11 is 0. The molecular formula is C15H21N3O. The summed E-state index contributed by atoms with van der Waals surface area (Å²) in [7, 11) is 3.62. The molecule has 2 N–H and O–H groups in total. The number of rotatable bonds is 4. The van der Waals surface area contributed by atoms with Crippen molar-refractivity contribution in [1.82, 2.24) is 9.78 Å². The van der Waals surface area contributed by atoms with Gasteiger partial charge in [-0.05, 0) is 38.0 Å².